The number of hydrogen-bond donors (Lipinski definition) is 0. The second kappa shape index (κ2) is 10.0. The van der Waals surface area contributed by atoms with E-state index in [1.54, 1.807) is 18.2 Å². The fraction of sp³-hybridized carbons (Fsp3) is 0.167. The van der Waals surface area contributed by atoms with Crippen LogP contribution in [0.2, 0.25) is 0 Å². The average Bonchev–Trinajstić information content (AvgIpc) is 3.28. The van der Waals surface area contributed by atoms with Crippen LogP contribution >= 0.6 is 0 Å². The van der Waals surface area contributed by atoms with E-state index in [0.29, 0.717) is 35.4 Å². The molecule has 8 heteroatoms. The highest BCUT2D eigenvalue weighted by molar-refractivity contribution is 5.60. The van der Waals surface area contributed by atoms with Crippen molar-refractivity contribution in [1.82, 2.24) is 10.1 Å². The molecule has 0 saturated carbocycles. The first-order chi connectivity index (χ1) is 15.6. The van der Waals surface area contributed by atoms with Crippen molar-refractivity contribution in [3.8, 4) is 22.9 Å². The van der Waals surface area contributed by atoms with Crippen LogP contribution in [0.4, 0.5) is 8.78 Å². The third kappa shape index (κ3) is 5.28. The third-order valence-electron chi connectivity index (χ3n) is 4.63. The molecule has 0 aliphatic heterocycles. The van der Waals surface area contributed by atoms with Crippen LogP contribution in [0.1, 0.15) is 17.0 Å². The number of ether oxygens (including phenoxy) is 3. The van der Waals surface area contributed by atoms with E-state index in [9.17, 15) is 8.78 Å². The SMILES string of the molecule is COc1cc(-c2noc(COCc3ccccc3)n2)ccc1OCc1ccc(F)cc1F. The van der Waals surface area contributed by atoms with Crippen LogP contribution in [0, 0.1) is 11.6 Å². The molecule has 0 aliphatic rings. The lowest BCUT2D eigenvalue weighted by Crippen LogP contribution is -2.01. The number of rotatable bonds is 9. The van der Waals surface area contributed by atoms with Crippen molar-refractivity contribution in [2.75, 3.05) is 7.11 Å². The van der Waals surface area contributed by atoms with Gasteiger partial charge in [-0.3, -0.25) is 0 Å². The predicted molar refractivity (Wildman–Crippen MR) is 112 cm³/mol. The Bertz CT molecular complexity index is 1180. The minimum absolute atomic E-state index is 0.0765. The van der Waals surface area contributed by atoms with E-state index in [0.717, 1.165) is 11.6 Å². The standard InChI is InChI=1S/C24H20F2N2O4/c1-29-22-11-17(8-10-21(22)31-14-18-7-9-19(25)12-20(18)26)24-27-23(32-28-24)15-30-13-16-5-3-2-4-6-16/h2-12H,13-15H2,1H3. The molecular formula is C24H20F2N2O4. The summed E-state index contributed by atoms with van der Waals surface area (Å²) >= 11 is 0. The lowest BCUT2D eigenvalue weighted by atomic mass is 10.2. The van der Waals surface area contributed by atoms with Crippen LogP contribution in [-0.2, 0) is 24.6 Å². The molecule has 0 spiro atoms. The van der Waals surface area contributed by atoms with Crippen molar-refractivity contribution in [3.05, 3.63) is 95.4 Å². The normalized spacial score (nSPS) is 10.8. The lowest BCUT2D eigenvalue weighted by molar-refractivity contribution is 0.0850. The third-order valence-corrected chi connectivity index (χ3v) is 4.63. The van der Waals surface area contributed by atoms with Gasteiger partial charge in [0.25, 0.3) is 5.89 Å². The number of halogens is 2. The van der Waals surface area contributed by atoms with Gasteiger partial charge in [0, 0.05) is 17.2 Å². The van der Waals surface area contributed by atoms with Crippen LogP contribution in [0.5, 0.6) is 11.5 Å². The summed E-state index contributed by atoms with van der Waals surface area (Å²) in [6.45, 7) is 0.545. The molecule has 4 aromatic rings. The molecule has 32 heavy (non-hydrogen) atoms. The highest BCUT2D eigenvalue weighted by Gasteiger charge is 2.14. The van der Waals surface area contributed by atoms with Crippen molar-refractivity contribution < 1.29 is 27.5 Å². The smallest absolute Gasteiger partial charge is 0.252 e. The number of nitrogens with zero attached hydrogens (tertiary/aromatic N) is 2. The Morgan fingerprint density at radius 2 is 1.72 bits per heavy atom. The molecule has 4 rings (SSSR count). The van der Waals surface area contributed by atoms with Crippen LogP contribution in [0.25, 0.3) is 11.4 Å². The Kier molecular flexibility index (Phi) is 6.72. The van der Waals surface area contributed by atoms with Crippen LogP contribution in [0.15, 0.2) is 71.3 Å². The van der Waals surface area contributed by atoms with E-state index >= 15 is 0 Å². The second-order valence-corrected chi connectivity index (χ2v) is 6.88. The Hall–Kier alpha value is -3.78. The van der Waals surface area contributed by atoms with Crippen molar-refractivity contribution in [3.63, 3.8) is 0 Å². The molecule has 1 heterocycles. The monoisotopic (exact) mass is 438 g/mol. The summed E-state index contributed by atoms with van der Waals surface area (Å²) in [7, 11) is 1.49. The number of methoxy groups -OCH3 is 1. The molecule has 1 aromatic heterocycles. The summed E-state index contributed by atoms with van der Waals surface area (Å²) in [5, 5.41) is 3.98. The maximum absolute atomic E-state index is 13.8. The molecule has 0 unspecified atom stereocenters. The first kappa shape index (κ1) is 21.5. The molecule has 0 aliphatic carbocycles. The van der Waals surface area contributed by atoms with Crippen molar-refractivity contribution >= 4 is 0 Å². The summed E-state index contributed by atoms with van der Waals surface area (Å²) in [4.78, 5) is 4.35. The highest BCUT2D eigenvalue weighted by Crippen LogP contribution is 2.32. The van der Waals surface area contributed by atoms with Gasteiger partial charge in [-0.05, 0) is 35.9 Å². The molecule has 0 fully saturated rings. The first-order valence-corrected chi connectivity index (χ1v) is 9.82. The van der Waals surface area contributed by atoms with Crippen LogP contribution in [0.3, 0.4) is 0 Å². The van der Waals surface area contributed by atoms with E-state index in [1.165, 1.54) is 19.2 Å². The van der Waals surface area contributed by atoms with Gasteiger partial charge in [0.1, 0.15) is 24.8 Å². The lowest BCUT2D eigenvalue weighted by Gasteiger charge is -2.12. The number of hydrogen-bond acceptors (Lipinski definition) is 6. The molecule has 0 bridgehead atoms. The van der Waals surface area contributed by atoms with Gasteiger partial charge in [-0.25, -0.2) is 8.78 Å². The highest BCUT2D eigenvalue weighted by atomic mass is 19.1. The van der Waals surface area contributed by atoms with Gasteiger partial charge >= 0.3 is 0 Å². The minimum atomic E-state index is -0.672. The van der Waals surface area contributed by atoms with Crippen molar-refractivity contribution in [2.45, 2.75) is 19.8 Å². The molecule has 0 saturated heterocycles. The molecule has 3 aromatic carbocycles. The van der Waals surface area contributed by atoms with Crippen LogP contribution in [-0.4, -0.2) is 17.3 Å². The van der Waals surface area contributed by atoms with Gasteiger partial charge in [-0.15, -0.1) is 0 Å². The maximum atomic E-state index is 13.8. The minimum Gasteiger partial charge on any atom is -0.493 e. The van der Waals surface area contributed by atoms with Gasteiger partial charge in [0.15, 0.2) is 11.5 Å². The zero-order valence-electron chi connectivity index (χ0n) is 17.3. The summed E-state index contributed by atoms with van der Waals surface area (Å²) < 4.78 is 48.8. The molecule has 0 N–H and O–H groups in total. The fourth-order valence-corrected chi connectivity index (χ4v) is 2.98. The fourth-order valence-electron chi connectivity index (χ4n) is 2.98. The summed E-state index contributed by atoms with van der Waals surface area (Å²) in [5.41, 5.74) is 1.93. The summed E-state index contributed by atoms with van der Waals surface area (Å²) in [5.74, 6) is 0.221. The summed E-state index contributed by atoms with van der Waals surface area (Å²) in [6, 6.07) is 18.2. The molecule has 0 amide bonds. The Labute approximate surface area is 183 Å². The molecular weight excluding hydrogens is 418 g/mol. The first-order valence-electron chi connectivity index (χ1n) is 9.82. The number of aromatic nitrogens is 2. The van der Waals surface area contributed by atoms with E-state index in [1.807, 2.05) is 30.3 Å². The molecule has 164 valence electrons. The molecule has 0 radical (unpaired) electrons. The van der Waals surface area contributed by atoms with Crippen LogP contribution < -0.4 is 9.47 Å². The quantitative estimate of drug-likeness (QED) is 0.352. The largest absolute Gasteiger partial charge is 0.493 e. The van der Waals surface area contributed by atoms with Gasteiger partial charge in [-0.1, -0.05) is 35.5 Å². The van der Waals surface area contributed by atoms with Gasteiger partial charge in [-0.2, -0.15) is 4.98 Å². The summed E-state index contributed by atoms with van der Waals surface area (Å²) in [6.07, 6.45) is 0. The number of benzene rings is 3. The molecule has 0 atom stereocenters. The second-order valence-electron chi connectivity index (χ2n) is 6.88. The Balaban J connectivity index is 1.40. The Morgan fingerprint density at radius 1 is 0.875 bits per heavy atom. The zero-order valence-corrected chi connectivity index (χ0v) is 17.3. The van der Waals surface area contributed by atoms with Gasteiger partial charge in [0.2, 0.25) is 5.82 Å². The van der Waals surface area contributed by atoms with Crippen molar-refractivity contribution in [2.24, 2.45) is 0 Å². The maximum Gasteiger partial charge on any atom is 0.252 e. The van der Waals surface area contributed by atoms with E-state index in [4.69, 9.17) is 18.7 Å². The van der Waals surface area contributed by atoms with Gasteiger partial charge in [0.05, 0.1) is 13.7 Å². The van der Waals surface area contributed by atoms with E-state index in [-0.39, 0.29) is 18.8 Å². The van der Waals surface area contributed by atoms with Crippen molar-refractivity contribution in [1.29, 1.82) is 0 Å². The topological polar surface area (TPSA) is 66.6 Å². The van der Waals surface area contributed by atoms with Gasteiger partial charge < -0.3 is 18.7 Å². The average molecular weight is 438 g/mol. The predicted octanol–water partition coefficient (Wildman–Crippen LogP) is 5.32. The van der Waals surface area contributed by atoms with E-state index in [2.05, 4.69) is 10.1 Å². The van der Waals surface area contributed by atoms with E-state index < -0.39 is 11.6 Å². The molecule has 6 nitrogen and oxygen atoms in total. The Morgan fingerprint density at radius 3 is 2.50 bits per heavy atom. The zero-order chi connectivity index (χ0) is 22.3.